The van der Waals surface area contributed by atoms with E-state index in [2.05, 4.69) is 10.1 Å². The number of nitrogens with zero attached hydrogens (tertiary/aromatic N) is 1. The Kier molecular flexibility index (Phi) is 4.56. The minimum atomic E-state index is -2.99. The molecule has 0 radical (unpaired) electrons. The molecular weight excluding hydrogens is 286 g/mol. The number of urea groups is 1. The Labute approximate surface area is 119 Å². The van der Waals surface area contributed by atoms with E-state index in [1.165, 1.54) is 23.1 Å². The normalized spacial score (nSPS) is 17.9. The van der Waals surface area contributed by atoms with Crippen molar-refractivity contribution in [1.82, 2.24) is 4.90 Å². The summed E-state index contributed by atoms with van der Waals surface area (Å²) in [6.07, 6.45) is 0.373. The molecule has 1 unspecified atom stereocenters. The fourth-order valence-electron chi connectivity index (χ4n) is 2.11. The Bertz CT molecular complexity index is 539. The number of hydrogen-bond acceptors (Lipinski definition) is 3. The summed E-state index contributed by atoms with van der Waals surface area (Å²) in [6, 6.07) is 5.28. The number of anilines is 1. The number of carboxylic acid groups (broad SMARTS) is 1. The Morgan fingerprint density at radius 3 is 2.71 bits per heavy atom. The molecule has 1 aromatic rings. The van der Waals surface area contributed by atoms with Crippen LogP contribution in [0, 0.1) is 5.92 Å². The maximum atomic E-state index is 12.3. The number of nitrogens with one attached hydrogen (secondary N) is 1. The van der Waals surface area contributed by atoms with Gasteiger partial charge in [-0.15, -0.1) is 0 Å². The number of para-hydroxylation sites is 2. The Hall–Kier alpha value is -2.38. The molecule has 2 rings (SSSR count). The van der Waals surface area contributed by atoms with E-state index in [1.807, 2.05) is 0 Å². The lowest BCUT2D eigenvalue weighted by molar-refractivity contribution is -0.141. The van der Waals surface area contributed by atoms with Gasteiger partial charge in [-0.05, 0) is 18.6 Å². The number of hydrogen-bond donors (Lipinski definition) is 2. The average Bonchev–Trinajstić information content (AvgIpc) is 2.90. The fourth-order valence-corrected chi connectivity index (χ4v) is 2.11. The lowest BCUT2D eigenvalue weighted by Crippen LogP contribution is -2.34. The highest BCUT2D eigenvalue weighted by atomic mass is 19.3. The predicted molar refractivity (Wildman–Crippen MR) is 69.4 cm³/mol. The van der Waals surface area contributed by atoms with Gasteiger partial charge in [-0.25, -0.2) is 4.79 Å². The quantitative estimate of drug-likeness (QED) is 0.893. The van der Waals surface area contributed by atoms with Crippen LogP contribution in [-0.2, 0) is 4.79 Å². The Morgan fingerprint density at radius 2 is 2.10 bits per heavy atom. The summed E-state index contributed by atoms with van der Waals surface area (Å²) in [7, 11) is 0. The summed E-state index contributed by atoms with van der Waals surface area (Å²) in [5.41, 5.74) is 0.113. The maximum absolute atomic E-state index is 12.3. The molecule has 6 nitrogen and oxygen atoms in total. The lowest BCUT2D eigenvalue weighted by atomic mass is 10.1. The van der Waals surface area contributed by atoms with Crippen molar-refractivity contribution in [3.63, 3.8) is 0 Å². The first-order valence-electron chi connectivity index (χ1n) is 6.30. The van der Waals surface area contributed by atoms with Gasteiger partial charge in [0.15, 0.2) is 0 Å². The smallest absolute Gasteiger partial charge is 0.387 e. The van der Waals surface area contributed by atoms with Crippen LogP contribution in [0.3, 0.4) is 0 Å². The highest BCUT2D eigenvalue weighted by molar-refractivity contribution is 5.91. The molecule has 21 heavy (non-hydrogen) atoms. The molecule has 0 saturated carbocycles. The summed E-state index contributed by atoms with van der Waals surface area (Å²) in [4.78, 5) is 24.2. The Morgan fingerprint density at radius 1 is 1.38 bits per heavy atom. The van der Waals surface area contributed by atoms with E-state index in [4.69, 9.17) is 5.11 Å². The number of carbonyl (C=O) groups is 2. The standard InChI is InChI=1S/C13H14F2N2O4/c14-12(15)21-10-4-2-1-3-9(10)16-13(20)17-6-5-8(7-17)11(18)19/h1-4,8,12H,5-7H2,(H,16,20)(H,18,19). The van der Waals surface area contributed by atoms with Crippen molar-refractivity contribution >= 4 is 17.7 Å². The molecule has 1 heterocycles. The van der Waals surface area contributed by atoms with Crippen molar-refractivity contribution in [2.45, 2.75) is 13.0 Å². The van der Waals surface area contributed by atoms with Gasteiger partial charge in [-0.1, -0.05) is 12.1 Å². The topological polar surface area (TPSA) is 78.9 Å². The van der Waals surface area contributed by atoms with E-state index in [-0.39, 0.29) is 18.0 Å². The number of carbonyl (C=O) groups excluding carboxylic acids is 1. The number of likely N-dealkylation sites (tertiary alicyclic amines) is 1. The third-order valence-corrected chi connectivity index (χ3v) is 3.17. The van der Waals surface area contributed by atoms with Crippen molar-refractivity contribution in [3.05, 3.63) is 24.3 Å². The number of alkyl halides is 2. The molecule has 8 heteroatoms. The fraction of sp³-hybridized carbons (Fsp3) is 0.385. The van der Waals surface area contributed by atoms with Gasteiger partial charge in [0, 0.05) is 13.1 Å². The molecule has 1 aliphatic heterocycles. The molecule has 0 bridgehead atoms. The van der Waals surface area contributed by atoms with Crippen LogP contribution in [0.25, 0.3) is 0 Å². The first-order chi connectivity index (χ1) is 9.97. The van der Waals surface area contributed by atoms with E-state index in [0.717, 1.165) is 0 Å². The van der Waals surface area contributed by atoms with Gasteiger partial charge in [0.05, 0.1) is 11.6 Å². The van der Waals surface area contributed by atoms with Gasteiger partial charge < -0.3 is 20.1 Å². The highest BCUT2D eigenvalue weighted by Gasteiger charge is 2.31. The van der Waals surface area contributed by atoms with Gasteiger partial charge in [0.2, 0.25) is 0 Å². The van der Waals surface area contributed by atoms with E-state index in [1.54, 1.807) is 6.07 Å². The average molecular weight is 300 g/mol. The van der Waals surface area contributed by atoms with Gasteiger partial charge >= 0.3 is 18.6 Å². The van der Waals surface area contributed by atoms with Crippen molar-refractivity contribution in [3.8, 4) is 5.75 Å². The zero-order valence-corrected chi connectivity index (χ0v) is 11.0. The second-order valence-corrected chi connectivity index (χ2v) is 4.57. The molecule has 0 aromatic heterocycles. The molecule has 1 aromatic carbocycles. The molecule has 1 aliphatic rings. The van der Waals surface area contributed by atoms with Crippen LogP contribution in [0.4, 0.5) is 19.3 Å². The third kappa shape index (κ3) is 3.80. The van der Waals surface area contributed by atoms with Gasteiger partial charge in [0.1, 0.15) is 5.75 Å². The third-order valence-electron chi connectivity index (χ3n) is 3.17. The monoisotopic (exact) mass is 300 g/mol. The van der Waals surface area contributed by atoms with Crippen LogP contribution < -0.4 is 10.1 Å². The van der Waals surface area contributed by atoms with Crippen LogP contribution >= 0.6 is 0 Å². The summed E-state index contributed by atoms with van der Waals surface area (Å²) >= 11 is 0. The van der Waals surface area contributed by atoms with Crippen molar-refractivity contribution < 1.29 is 28.2 Å². The number of amides is 2. The van der Waals surface area contributed by atoms with Gasteiger partial charge in [-0.2, -0.15) is 8.78 Å². The molecule has 2 amide bonds. The van der Waals surface area contributed by atoms with E-state index in [9.17, 15) is 18.4 Å². The molecular formula is C13H14F2N2O4. The van der Waals surface area contributed by atoms with Crippen molar-refractivity contribution in [2.24, 2.45) is 5.92 Å². The predicted octanol–water partition coefficient (Wildman–Crippen LogP) is 2.23. The van der Waals surface area contributed by atoms with Crippen LogP contribution in [-0.4, -0.2) is 41.7 Å². The number of halogens is 2. The minimum absolute atomic E-state index is 0.0963. The summed E-state index contributed by atoms with van der Waals surface area (Å²) in [5, 5.41) is 11.3. The summed E-state index contributed by atoms with van der Waals surface area (Å²) in [5.74, 6) is -1.69. The van der Waals surface area contributed by atoms with E-state index < -0.39 is 24.5 Å². The molecule has 114 valence electrons. The van der Waals surface area contributed by atoms with E-state index in [0.29, 0.717) is 13.0 Å². The number of rotatable bonds is 4. The minimum Gasteiger partial charge on any atom is -0.481 e. The molecule has 1 saturated heterocycles. The largest absolute Gasteiger partial charge is 0.481 e. The number of ether oxygens (including phenoxy) is 1. The number of carboxylic acids is 1. The highest BCUT2D eigenvalue weighted by Crippen LogP contribution is 2.26. The first-order valence-corrected chi connectivity index (χ1v) is 6.30. The second-order valence-electron chi connectivity index (χ2n) is 4.57. The first kappa shape index (κ1) is 15.0. The molecule has 1 atom stereocenters. The summed E-state index contributed by atoms with van der Waals surface area (Å²) < 4.78 is 28.8. The molecule has 1 fully saturated rings. The Balaban J connectivity index is 2.02. The van der Waals surface area contributed by atoms with Crippen LogP contribution in [0.15, 0.2) is 24.3 Å². The SMILES string of the molecule is O=C(O)C1CCN(C(=O)Nc2ccccc2OC(F)F)C1. The molecule has 0 spiro atoms. The van der Waals surface area contributed by atoms with Crippen LogP contribution in [0.2, 0.25) is 0 Å². The van der Waals surface area contributed by atoms with Crippen molar-refractivity contribution in [2.75, 3.05) is 18.4 Å². The number of benzene rings is 1. The van der Waals surface area contributed by atoms with Crippen LogP contribution in [0.1, 0.15) is 6.42 Å². The maximum Gasteiger partial charge on any atom is 0.387 e. The molecule has 2 N–H and O–H groups in total. The second kappa shape index (κ2) is 6.38. The zero-order valence-electron chi connectivity index (χ0n) is 11.0. The van der Waals surface area contributed by atoms with Gasteiger partial charge in [0.25, 0.3) is 0 Å². The summed E-state index contributed by atoms with van der Waals surface area (Å²) in [6.45, 7) is -2.59. The molecule has 0 aliphatic carbocycles. The number of aliphatic carboxylic acids is 1. The van der Waals surface area contributed by atoms with Gasteiger partial charge in [-0.3, -0.25) is 4.79 Å². The van der Waals surface area contributed by atoms with Crippen molar-refractivity contribution in [1.29, 1.82) is 0 Å². The van der Waals surface area contributed by atoms with E-state index >= 15 is 0 Å². The van der Waals surface area contributed by atoms with Crippen LogP contribution in [0.5, 0.6) is 5.75 Å². The zero-order chi connectivity index (χ0) is 15.4. The lowest BCUT2D eigenvalue weighted by Gasteiger charge is -2.18.